The number of amides is 1. The van der Waals surface area contributed by atoms with Crippen molar-refractivity contribution in [2.24, 2.45) is 5.73 Å². The summed E-state index contributed by atoms with van der Waals surface area (Å²) in [5.41, 5.74) is 8.87. The van der Waals surface area contributed by atoms with E-state index < -0.39 is 0 Å². The van der Waals surface area contributed by atoms with Gasteiger partial charge in [0.05, 0.1) is 5.02 Å². The first kappa shape index (κ1) is 17.9. The zero-order chi connectivity index (χ0) is 18.4. The van der Waals surface area contributed by atoms with Crippen LogP contribution in [0.5, 0.6) is 0 Å². The molecule has 3 aromatic rings. The normalized spacial score (nSPS) is 10.4. The van der Waals surface area contributed by atoms with E-state index in [0.717, 1.165) is 16.8 Å². The molecule has 3 rings (SSSR count). The topological polar surface area (TPSA) is 80.0 Å². The van der Waals surface area contributed by atoms with Gasteiger partial charge in [-0.1, -0.05) is 41.9 Å². The molecule has 0 aliphatic carbocycles. The van der Waals surface area contributed by atoms with Crippen molar-refractivity contribution in [1.29, 1.82) is 0 Å². The Morgan fingerprint density at radius 3 is 2.50 bits per heavy atom. The smallest absolute Gasteiger partial charge is 0.255 e. The Morgan fingerprint density at radius 2 is 1.81 bits per heavy atom. The SMILES string of the molecule is NCc1ccc(C(=O)Nc2ccccc2CNc2ccc(Cl)cn2)cc1. The van der Waals surface area contributed by atoms with Crippen molar-refractivity contribution < 1.29 is 4.79 Å². The van der Waals surface area contributed by atoms with E-state index in [4.69, 9.17) is 17.3 Å². The van der Waals surface area contributed by atoms with Crippen LogP contribution in [0.3, 0.4) is 0 Å². The van der Waals surface area contributed by atoms with Gasteiger partial charge in [-0.3, -0.25) is 4.79 Å². The monoisotopic (exact) mass is 366 g/mol. The van der Waals surface area contributed by atoms with Gasteiger partial charge < -0.3 is 16.4 Å². The molecule has 26 heavy (non-hydrogen) atoms. The number of benzene rings is 2. The molecule has 0 aliphatic heterocycles. The van der Waals surface area contributed by atoms with Crippen LogP contribution in [0.15, 0.2) is 66.9 Å². The summed E-state index contributed by atoms with van der Waals surface area (Å²) in [4.78, 5) is 16.7. The summed E-state index contributed by atoms with van der Waals surface area (Å²) in [5.74, 6) is 0.554. The van der Waals surface area contributed by atoms with Gasteiger partial charge in [-0.05, 0) is 41.5 Å². The Hall–Kier alpha value is -2.89. The second-order valence-electron chi connectivity index (χ2n) is 5.73. The maximum absolute atomic E-state index is 12.5. The molecule has 1 heterocycles. The Labute approximate surface area is 157 Å². The highest BCUT2D eigenvalue weighted by molar-refractivity contribution is 6.30. The van der Waals surface area contributed by atoms with Gasteiger partial charge in [-0.2, -0.15) is 0 Å². The number of rotatable bonds is 6. The average Bonchev–Trinajstić information content (AvgIpc) is 2.68. The molecule has 1 amide bonds. The summed E-state index contributed by atoms with van der Waals surface area (Å²) in [5, 5.41) is 6.77. The molecule has 0 bridgehead atoms. The van der Waals surface area contributed by atoms with E-state index in [1.807, 2.05) is 42.5 Å². The number of anilines is 2. The first-order valence-electron chi connectivity index (χ1n) is 8.19. The van der Waals surface area contributed by atoms with Crippen LogP contribution in [0.2, 0.25) is 5.02 Å². The fourth-order valence-electron chi connectivity index (χ4n) is 2.45. The number of carbonyl (C=O) groups is 1. The van der Waals surface area contributed by atoms with Crippen LogP contribution < -0.4 is 16.4 Å². The van der Waals surface area contributed by atoms with Gasteiger partial charge in [0.25, 0.3) is 5.91 Å². The van der Waals surface area contributed by atoms with Crippen molar-refractivity contribution >= 4 is 29.0 Å². The van der Waals surface area contributed by atoms with Crippen LogP contribution in [-0.4, -0.2) is 10.9 Å². The lowest BCUT2D eigenvalue weighted by Gasteiger charge is -2.12. The van der Waals surface area contributed by atoms with Crippen LogP contribution >= 0.6 is 11.6 Å². The number of nitrogens with one attached hydrogen (secondary N) is 2. The van der Waals surface area contributed by atoms with E-state index in [2.05, 4.69) is 15.6 Å². The van der Waals surface area contributed by atoms with Gasteiger partial charge in [-0.25, -0.2) is 4.98 Å². The molecule has 4 N–H and O–H groups in total. The van der Waals surface area contributed by atoms with E-state index >= 15 is 0 Å². The molecule has 132 valence electrons. The van der Waals surface area contributed by atoms with Gasteiger partial charge in [0.2, 0.25) is 0 Å². The number of hydrogen-bond acceptors (Lipinski definition) is 4. The quantitative estimate of drug-likeness (QED) is 0.614. The molecular weight excluding hydrogens is 348 g/mol. The summed E-state index contributed by atoms with van der Waals surface area (Å²) in [7, 11) is 0. The van der Waals surface area contributed by atoms with Gasteiger partial charge in [0.1, 0.15) is 5.82 Å². The number of aromatic nitrogens is 1. The van der Waals surface area contributed by atoms with E-state index in [1.54, 1.807) is 24.4 Å². The molecule has 0 saturated heterocycles. The minimum Gasteiger partial charge on any atom is -0.366 e. The zero-order valence-corrected chi connectivity index (χ0v) is 14.8. The van der Waals surface area contributed by atoms with Crippen molar-refractivity contribution in [3.63, 3.8) is 0 Å². The van der Waals surface area contributed by atoms with Crippen LogP contribution in [0, 0.1) is 0 Å². The van der Waals surface area contributed by atoms with Crippen LogP contribution in [0.4, 0.5) is 11.5 Å². The molecular formula is C20H19ClN4O. The molecule has 0 fully saturated rings. The van der Waals surface area contributed by atoms with Crippen LogP contribution in [0.1, 0.15) is 21.5 Å². The molecule has 0 saturated carbocycles. The standard InChI is InChI=1S/C20H19ClN4O/c21-17-9-10-19(24-13-17)23-12-16-3-1-2-4-18(16)25-20(26)15-7-5-14(11-22)6-8-15/h1-10,13H,11-12,22H2,(H,23,24)(H,25,26). The van der Waals surface area contributed by atoms with E-state index in [-0.39, 0.29) is 5.91 Å². The fraction of sp³-hybridized carbons (Fsp3) is 0.100. The van der Waals surface area contributed by atoms with Crippen molar-refractivity contribution in [2.75, 3.05) is 10.6 Å². The number of halogens is 1. The molecule has 0 spiro atoms. The molecule has 0 aliphatic rings. The minimum absolute atomic E-state index is 0.161. The molecule has 6 heteroatoms. The second-order valence-corrected chi connectivity index (χ2v) is 6.16. The first-order valence-corrected chi connectivity index (χ1v) is 8.57. The Bertz CT molecular complexity index is 879. The zero-order valence-electron chi connectivity index (χ0n) is 14.1. The first-order chi connectivity index (χ1) is 12.7. The Kier molecular flexibility index (Phi) is 5.84. The van der Waals surface area contributed by atoms with Crippen molar-refractivity contribution in [3.05, 3.63) is 88.6 Å². The molecule has 1 aromatic heterocycles. The summed E-state index contributed by atoms with van der Waals surface area (Å²) < 4.78 is 0. The van der Waals surface area contributed by atoms with Crippen molar-refractivity contribution in [2.45, 2.75) is 13.1 Å². The summed E-state index contributed by atoms with van der Waals surface area (Å²) in [6.45, 7) is 0.979. The van der Waals surface area contributed by atoms with Gasteiger partial charge in [0.15, 0.2) is 0 Å². The van der Waals surface area contributed by atoms with Crippen LogP contribution in [0.25, 0.3) is 0 Å². The number of carbonyl (C=O) groups excluding carboxylic acids is 1. The number of nitrogens with zero attached hydrogens (tertiary/aromatic N) is 1. The average molecular weight is 367 g/mol. The lowest BCUT2D eigenvalue weighted by molar-refractivity contribution is 0.102. The highest BCUT2D eigenvalue weighted by Gasteiger charge is 2.09. The van der Waals surface area contributed by atoms with E-state index in [1.165, 1.54) is 0 Å². The second kappa shape index (κ2) is 8.47. The van der Waals surface area contributed by atoms with Gasteiger partial charge in [-0.15, -0.1) is 0 Å². The molecule has 0 radical (unpaired) electrons. The Morgan fingerprint density at radius 1 is 1.04 bits per heavy atom. The third kappa shape index (κ3) is 4.59. The molecule has 2 aromatic carbocycles. The molecule has 0 unspecified atom stereocenters. The largest absolute Gasteiger partial charge is 0.366 e. The molecule has 0 atom stereocenters. The predicted molar refractivity (Wildman–Crippen MR) is 105 cm³/mol. The Balaban J connectivity index is 1.69. The number of nitrogens with two attached hydrogens (primary N) is 1. The maximum atomic E-state index is 12.5. The lowest BCUT2D eigenvalue weighted by atomic mass is 10.1. The summed E-state index contributed by atoms with van der Waals surface area (Å²) in [6.07, 6.45) is 1.59. The van der Waals surface area contributed by atoms with E-state index in [0.29, 0.717) is 29.5 Å². The summed E-state index contributed by atoms with van der Waals surface area (Å²) >= 11 is 5.84. The number of pyridine rings is 1. The summed E-state index contributed by atoms with van der Waals surface area (Å²) in [6, 6.07) is 18.5. The third-order valence-corrected chi connectivity index (χ3v) is 4.13. The third-order valence-electron chi connectivity index (χ3n) is 3.90. The number of hydrogen-bond donors (Lipinski definition) is 3. The van der Waals surface area contributed by atoms with Crippen molar-refractivity contribution in [3.8, 4) is 0 Å². The van der Waals surface area contributed by atoms with Gasteiger partial charge >= 0.3 is 0 Å². The van der Waals surface area contributed by atoms with E-state index in [9.17, 15) is 4.79 Å². The lowest BCUT2D eigenvalue weighted by Crippen LogP contribution is -2.14. The van der Waals surface area contributed by atoms with Crippen molar-refractivity contribution in [1.82, 2.24) is 4.98 Å². The molecule has 5 nitrogen and oxygen atoms in total. The maximum Gasteiger partial charge on any atom is 0.255 e. The highest BCUT2D eigenvalue weighted by Crippen LogP contribution is 2.18. The van der Waals surface area contributed by atoms with Crippen LogP contribution in [-0.2, 0) is 13.1 Å². The van der Waals surface area contributed by atoms with Gasteiger partial charge in [0, 0.05) is 30.5 Å². The highest BCUT2D eigenvalue weighted by atomic mass is 35.5. The fourth-order valence-corrected chi connectivity index (χ4v) is 2.56. The number of para-hydroxylation sites is 1. The minimum atomic E-state index is -0.161. The predicted octanol–water partition coefficient (Wildman–Crippen LogP) is 4.06.